The second-order valence-electron chi connectivity index (χ2n) is 14.2. The fourth-order valence-corrected chi connectivity index (χ4v) is 6.16. The van der Waals surface area contributed by atoms with Crippen LogP contribution in [0.2, 0.25) is 0 Å². The molecule has 5 heteroatoms. The lowest BCUT2D eigenvalue weighted by Crippen LogP contribution is -2.48. The molecule has 0 aliphatic heterocycles. The van der Waals surface area contributed by atoms with Crippen LogP contribution in [-0.4, -0.2) is 46.1 Å². The fourth-order valence-electron chi connectivity index (χ4n) is 6.16. The highest BCUT2D eigenvalue weighted by Crippen LogP contribution is 2.15. The van der Waals surface area contributed by atoms with Crippen LogP contribution in [0, 0.1) is 0 Å². The van der Waals surface area contributed by atoms with Crippen molar-refractivity contribution in [1.29, 1.82) is 0 Å². The first-order valence-corrected chi connectivity index (χ1v) is 20.8. The average Bonchev–Trinajstić information content (AvgIpc) is 3.09. The number of hydrogen-bond acceptors (Lipinski definition) is 4. The summed E-state index contributed by atoms with van der Waals surface area (Å²) in [6, 6.07) is -0.817. The van der Waals surface area contributed by atoms with Crippen LogP contribution < -0.4 is 5.32 Å². The molecule has 0 spiro atoms. The quantitative estimate of drug-likeness (QED) is 0.0390. The maximum atomic E-state index is 12.4. The maximum Gasteiger partial charge on any atom is 0.249 e. The molecule has 3 unspecified atom stereocenters. The van der Waals surface area contributed by atoms with Gasteiger partial charge in [0.05, 0.1) is 18.8 Å². The Labute approximate surface area is 298 Å². The molecule has 0 fully saturated rings. The summed E-state index contributed by atoms with van der Waals surface area (Å²) < 4.78 is 0. The van der Waals surface area contributed by atoms with E-state index in [1.54, 1.807) is 6.08 Å². The van der Waals surface area contributed by atoms with Gasteiger partial charge in [0.1, 0.15) is 6.10 Å². The maximum absolute atomic E-state index is 12.4. The third-order valence-corrected chi connectivity index (χ3v) is 9.46. The Balaban J connectivity index is 3.73. The van der Waals surface area contributed by atoms with Crippen molar-refractivity contribution in [3.05, 3.63) is 36.5 Å². The van der Waals surface area contributed by atoms with Crippen LogP contribution in [0.1, 0.15) is 206 Å². The van der Waals surface area contributed by atoms with Crippen LogP contribution >= 0.6 is 0 Å². The summed E-state index contributed by atoms with van der Waals surface area (Å²) in [6.45, 7) is 4.15. The summed E-state index contributed by atoms with van der Waals surface area (Å²) in [5.74, 6) is -0.516. The molecule has 282 valence electrons. The van der Waals surface area contributed by atoms with E-state index in [1.165, 1.54) is 141 Å². The summed E-state index contributed by atoms with van der Waals surface area (Å²) in [6.07, 6.45) is 47.4. The number of carbonyl (C=O) groups is 1. The highest BCUT2D eigenvalue weighted by molar-refractivity contribution is 5.80. The Hall–Kier alpha value is -1.43. The molecular weight excluding hydrogens is 594 g/mol. The Bertz CT molecular complexity index is 749. The number of amides is 1. The molecule has 0 aliphatic carbocycles. The molecule has 0 saturated heterocycles. The first-order chi connectivity index (χ1) is 23.6. The third kappa shape index (κ3) is 33.1. The van der Waals surface area contributed by atoms with E-state index in [2.05, 4.69) is 43.5 Å². The van der Waals surface area contributed by atoms with Gasteiger partial charge in [0.15, 0.2) is 0 Å². The van der Waals surface area contributed by atoms with Gasteiger partial charge in [-0.2, -0.15) is 0 Å². The molecule has 0 radical (unpaired) electrons. The van der Waals surface area contributed by atoms with Crippen LogP contribution in [0.5, 0.6) is 0 Å². The van der Waals surface area contributed by atoms with Crippen LogP contribution in [-0.2, 0) is 4.79 Å². The normalized spacial score (nSPS) is 14.0. The molecule has 0 aliphatic rings. The molecule has 48 heavy (non-hydrogen) atoms. The van der Waals surface area contributed by atoms with E-state index >= 15 is 0 Å². The van der Waals surface area contributed by atoms with Gasteiger partial charge in [-0.3, -0.25) is 4.79 Å². The molecule has 0 aromatic heterocycles. The van der Waals surface area contributed by atoms with Gasteiger partial charge in [0, 0.05) is 0 Å². The van der Waals surface area contributed by atoms with Crippen molar-refractivity contribution in [1.82, 2.24) is 5.32 Å². The van der Waals surface area contributed by atoms with E-state index in [1.807, 2.05) is 6.08 Å². The van der Waals surface area contributed by atoms with Crippen molar-refractivity contribution >= 4 is 5.91 Å². The van der Waals surface area contributed by atoms with E-state index in [0.717, 1.165) is 44.9 Å². The Morgan fingerprint density at radius 3 is 1.27 bits per heavy atom. The van der Waals surface area contributed by atoms with E-state index in [9.17, 15) is 20.1 Å². The van der Waals surface area contributed by atoms with Crippen molar-refractivity contribution in [2.75, 3.05) is 6.61 Å². The second kappa shape index (κ2) is 38.4. The van der Waals surface area contributed by atoms with Gasteiger partial charge in [-0.1, -0.05) is 198 Å². The minimum atomic E-state index is -1.10. The van der Waals surface area contributed by atoms with E-state index in [4.69, 9.17) is 0 Å². The van der Waals surface area contributed by atoms with Crippen molar-refractivity contribution in [2.45, 2.75) is 225 Å². The molecule has 0 rings (SSSR count). The lowest BCUT2D eigenvalue weighted by Gasteiger charge is -2.21. The first-order valence-electron chi connectivity index (χ1n) is 20.8. The summed E-state index contributed by atoms with van der Waals surface area (Å²) in [5.41, 5.74) is 0. The van der Waals surface area contributed by atoms with Crippen LogP contribution in [0.15, 0.2) is 36.5 Å². The van der Waals surface area contributed by atoms with Gasteiger partial charge < -0.3 is 20.6 Å². The lowest BCUT2D eigenvalue weighted by atomic mass is 10.0. The highest BCUT2D eigenvalue weighted by atomic mass is 16.3. The van der Waals surface area contributed by atoms with Crippen LogP contribution in [0.4, 0.5) is 0 Å². The zero-order valence-electron chi connectivity index (χ0n) is 31.9. The predicted molar refractivity (Wildman–Crippen MR) is 208 cm³/mol. The molecule has 3 atom stereocenters. The molecule has 0 saturated carbocycles. The SMILES string of the molecule is CCCCCCC/C=C/CC/C=C/CC/C=C/C(O)C(CO)NC(=O)C(O)CCCCCCCCCCCCCCCCCCCCC. The van der Waals surface area contributed by atoms with E-state index in [-0.39, 0.29) is 6.61 Å². The standard InChI is InChI=1S/C43H81NO4/c1-3-5-7-9-11-13-15-17-19-20-21-22-24-26-28-30-32-34-36-38-42(47)43(48)44-40(39-45)41(46)37-35-33-31-29-27-25-23-18-16-14-12-10-8-6-4-2/h16,18,27,29,35,37,40-42,45-47H,3-15,17,19-26,28,30-34,36,38-39H2,1-2H3,(H,44,48)/b18-16+,29-27+,37-35+. The topological polar surface area (TPSA) is 89.8 Å². The van der Waals surface area contributed by atoms with Crippen molar-refractivity contribution in [3.63, 3.8) is 0 Å². The van der Waals surface area contributed by atoms with Crippen molar-refractivity contribution in [2.24, 2.45) is 0 Å². The number of aliphatic hydroxyl groups excluding tert-OH is 3. The van der Waals surface area contributed by atoms with Gasteiger partial charge in [-0.15, -0.1) is 0 Å². The summed E-state index contributed by atoms with van der Waals surface area (Å²) >= 11 is 0. The fraction of sp³-hybridized carbons (Fsp3) is 0.837. The molecule has 0 heterocycles. The monoisotopic (exact) mass is 676 g/mol. The highest BCUT2D eigenvalue weighted by Gasteiger charge is 2.22. The van der Waals surface area contributed by atoms with Gasteiger partial charge in [0.2, 0.25) is 5.91 Å². The number of rotatable bonds is 37. The molecule has 0 aromatic rings. The number of carbonyl (C=O) groups excluding carboxylic acids is 1. The average molecular weight is 676 g/mol. The van der Waals surface area contributed by atoms with Gasteiger partial charge >= 0.3 is 0 Å². The Morgan fingerprint density at radius 2 is 0.854 bits per heavy atom. The number of unbranched alkanes of at least 4 members (excludes halogenated alkanes) is 25. The number of hydrogen-bond donors (Lipinski definition) is 4. The zero-order valence-corrected chi connectivity index (χ0v) is 31.9. The summed E-state index contributed by atoms with van der Waals surface area (Å²) in [5, 5.41) is 33.0. The zero-order chi connectivity index (χ0) is 35.2. The van der Waals surface area contributed by atoms with E-state index < -0.39 is 24.2 Å². The molecule has 4 N–H and O–H groups in total. The first kappa shape index (κ1) is 46.6. The predicted octanol–water partition coefficient (Wildman–Crippen LogP) is 11.6. The molecule has 0 aromatic carbocycles. The number of allylic oxidation sites excluding steroid dienone is 5. The van der Waals surface area contributed by atoms with Crippen LogP contribution in [0.25, 0.3) is 0 Å². The molecule has 1 amide bonds. The van der Waals surface area contributed by atoms with E-state index in [0.29, 0.717) is 6.42 Å². The van der Waals surface area contributed by atoms with Crippen molar-refractivity contribution < 1.29 is 20.1 Å². The smallest absolute Gasteiger partial charge is 0.249 e. The second-order valence-corrected chi connectivity index (χ2v) is 14.2. The Kier molecular flexibility index (Phi) is 37.2. The largest absolute Gasteiger partial charge is 0.394 e. The number of nitrogens with one attached hydrogen (secondary N) is 1. The minimum Gasteiger partial charge on any atom is -0.394 e. The molecule has 0 bridgehead atoms. The molecular formula is C43H81NO4. The van der Waals surface area contributed by atoms with Crippen molar-refractivity contribution in [3.8, 4) is 0 Å². The minimum absolute atomic E-state index is 0.380. The summed E-state index contributed by atoms with van der Waals surface area (Å²) in [4.78, 5) is 12.4. The van der Waals surface area contributed by atoms with Crippen LogP contribution in [0.3, 0.4) is 0 Å². The third-order valence-electron chi connectivity index (χ3n) is 9.46. The van der Waals surface area contributed by atoms with Gasteiger partial charge in [-0.05, 0) is 44.9 Å². The lowest BCUT2D eigenvalue weighted by molar-refractivity contribution is -0.131. The Morgan fingerprint density at radius 1 is 0.500 bits per heavy atom. The summed E-state index contributed by atoms with van der Waals surface area (Å²) in [7, 11) is 0. The van der Waals surface area contributed by atoms with Gasteiger partial charge in [-0.25, -0.2) is 0 Å². The number of aliphatic hydroxyl groups is 3. The molecule has 5 nitrogen and oxygen atoms in total. The van der Waals surface area contributed by atoms with Gasteiger partial charge in [0.25, 0.3) is 0 Å².